The van der Waals surface area contributed by atoms with E-state index in [1.54, 1.807) is 12.1 Å². The van der Waals surface area contributed by atoms with Gasteiger partial charge in [-0.05, 0) is 49.6 Å². The van der Waals surface area contributed by atoms with Crippen LogP contribution in [0, 0.1) is 0 Å². The van der Waals surface area contributed by atoms with Gasteiger partial charge in [0.25, 0.3) is 0 Å². The standard InChI is InChI=1S/C13H14O2/c14-10-11-6-8-13(9-7-11)15-12-4-2-1-3-5-12/h4,6-10H,1-3,5H2. The van der Waals surface area contributed by atoms with Gasteiger partial charge >= 0.3 is 0 Å². The van der Waals surface area contributed by atoms with Crippen molar-refractivity contribution in [2.24, 2.45) is 0 Å². The first-order valence-electron chi connectivity index (χ1n) is 5.30. The maximum Gasteiger partial charge on any atom is 0.150 e. The molecule has 0 saturated heterocycles. The number of benzene rings is 1. The van der Waals surface area contributed by atoms with Gasteiger partial charge in [0.05, 0.1) is 0 Å². The summed E-state index contributed by atoms with van der Waals surface area (Å²) in [5.74, 6) is 1.87. The van der Waals surface area contributed by atoms with Gasteiger partial charge in [-0.25, -0.2) is 0 Å². The fourth-order valence-electron chi connectivity index (χ4n) is 1.67. The van der Waals surface area contributed by atoms with Gasteiger partial charge in [-0.3, -0.25) is 4.79 Å². The van der Waals surface area contributed by atoms with Crippen LogP contribution in [0.4, 0.5) is 0 Å². The van der Waals surface area contributed by atoms with Crippen LogP contribution in [0.1, 0.15) is 36.0 Å². The van der Waals surface area contributed by atoms with Crippen molar-refractivity contribution in [2.45, 2.75) is 25.7 Å². The van der Waals surface area contributed by atoms with E-state index >= 15 is 0 Å². The normalized spacial score (nSPS) is 15.6. The van der Waals surface area contributed by atoms with Crippen molar-refractivity contribution in [2.75, 3.05) is 0 Å². The number of hydrogen-bond acceptors (Lipinski definition) is 2. The lowest BCUT2D eigenvalue weighted by Gasteiger charge is -2.13. The van der Waals surface area contributed by atoms with Gasteiger partial charge < -0.3 is 4.74 Å². The molecule has 0 bridgehead atoms. The van der Waals surface area contributed by atoms with E-state index in [0.717, 1.165) is 30.6 Å². The number of carbonyl (C=O) groups excluding carboxylic acids is 1. The molecule has 0 atom stereocenters. The number of rotatable bonds is 3. The summed E-state index contributed by atoms with van der Waals surface area (Å²) in [6, 6.07) is 7.20. The molecule has 1 aliphatic carbocycles. The maximum atomic E-state index is 10.5. The Bertz CT molecular complexity index is 363. The summed E-state index contributed by atoms with van der Waals surface area (Å²) in [5.41, 5.74) is 0.681. The van der Waals surface area contributed by atoms with Crippen LogP contribution < -0.4 is 4.74 Å². The Morgan fingerprint density at radius 2 is 1.93 bits per heavy atom. The molecule has 15 heavy (non-hydrogen) atoms. The molecular formula is C13H14O2. The zero-order chi connectivity index (χ0) is 10.5. The van der Waals surface area contributed by atoms with Crippen LogP contribution in [0.3, 0.4) is 0 Å². The Labute approximate surface area is 89.6 Å². The Balaban J connectivity index is 2.03. The van der Waals surface area contributed by atoms with E-state index in [1.165, 1.54) is 12.8 Å². The molecule has 0 radical (unpaired) electrons. The zero-order valence-electron chi connectivity index (χ0n) is 8.61. The smallest absolute Gasteiger partial charge is 0.150 e. The summed E-state index contributed by atoms with van der Waals surface area (Å²) in [6.45, 7) is 0. The number of ether oxygens (including phenoxy) is 1. The second-order valence-electron chi connectivity index (χ2n) is 3.71. The van der Waals surface area contributed by atoms with Gasteiger partial charge in [0, 0.05) is 12.0 Å². The molecule has 0 spiro atoms. The molecule has 0 N–H and O–H groups in total. The van der Waals surface area contributed by atoms with Crippen molar-refractivity contribution in [3.8, 4) is 5.75 Å². The molecule has 78 valence electrons. The highest BCUT2D eigenvalue weighted by Gasteiger charge is 2.05. The zero-order valence-corrected chi connectivity index (χ0v) is 8.61. The minimum Gasteiger partial charge on any atom is -0.462 e. The SMILES string of the molecule is O=Cc1ccc(OC2=CCCCC2)cc1. The van der Waals surface area contributed by atoms with E-state index in [0.29, 0.717) is 5.56 Å². The second kappa shape index (κ2) is 4.78. The van der Waals surface area contributed by atoms with Crippen LogP contribution in [0.5, 0.6) is 5.75 Å². The highest BCUT2D eigenvalue weighted by molar-refractivity contribution is 5.74. The van der Waals surface area contributed by atoms with Crippen molar-refractivity contribution in [3.63, 3.8) is 0 Å². The van der Waals surface area contributed by atoms with E-state index < -0.39 is 0 Å². The topological polar surface area (TPSA) is 26.3 Å². The number of aldehydes is 1. The third kappa shape index (κ3) is 2.69. The van der Waals surface area contributed by atoms with E-state index in [1.807, 2.05) is 12.1 Å². The first kappa shape index (κ1) is 9.97. The predicted molar refractivity (Wildman–Crippen MR) is 59.0 cm³/mol. The summed E-state index contributed by atoms with van der Waals surface area (Å²) in [6.07, 6.45) is 7.59. The minimum absolute atomic E-state index is 0.681. The molecule has 0 heterocycles. The largest absolute Gasteiger partial charge is 0.462 e. The van der Waals surface area contributed by atoms with Crippen molar-refractivity contribution in [1.82, 2.24) is 0 Å². The van der Waals surface area contributed by atoms with Gasteiger partial charge in [-0.15, -0.1) is 0 Å². The lowest BCUT2D eigenvalue weighted by molar-refractivity contribution is 0.112. The second-order valence-corrected chi connectivity index (χ2v) is 3.71. The van der Waals surface area contributed by atoms with Gasteiger partial charge in [0.2, 0.25) is 0 Å². The van der Waals surface area contributed by atoms with Crippen LogP contribution >= 0.6 is 0 Å². The van der Waals surface area contributed by atoms with Crippen molar-refractivity contribution in [3.05, 3.63) is 41.7 Å². The summed E-state index contributed by atoms with van der Waals surface area (Å²) >= 11 is 0. The Kier molecular flexibility index (Phi) is 3.18. The fraction of sp³-hybridized carbons (Fsp3) is 0.308. The van der Waals surface area contributed by atoms with Crippen LogP contribution in [0.15, 0.2) is 36.1 Å². The Morgan fingerprint density at radius 1 is 1.13 bits per heavy atom. The third-order valence-electron chi connectivity index (χ3n) is 2.51. The molecule has 1 aromatic carbocycles. The fourth-order valence-corrected chi connectivity index (χ4v) is 1.67. The quantitative estimate of drug-likeness (QED) is 0.703. The molecule has 0 aliphatic heterocycles. The van der Waals surface area contributed by atoms with Crippen molar-refractivity contribution >= 4 is 6.29 Å². The molecule has 0 fully saturated rings. The molecule has 2 heteroatoms. The Hall–Kier alpha value is -1.57. The van der Waals surface area contributed by atoms with Crippen LogP contribution in [0.25, 0.3) is 0 Å². The molecule has 1 aliphatic rings. The highest BCUT2D eigenvalue weighted by Crippen LogP contribution is 2.22. The van der Waals surface area contributed by atoms with Crippen molar-refractivity contribution in [1.29, 1.82) is 0 Å². The monoisotopic (exact) mass is 202 g/mol. The summed E-state index contributed by atoms with van der Waals surface area (Å²) in [4.78, 5) is 10.5. The number of carbonyl (C=O) groups is 1. The van der Waals surface area contributed by atoms with Gasteiger partial charge in [-0.1, -0.05) is 0 Å². The number of allylic oxidation sites excluding steroid dienone is 2. The summed E-state index contributed by atoms with van der Waals surface area (Å²) in [5, 5.41) is 0. The average molecular weight is 202 g/mol. The molecule has 0 aromatic heterocycles. The van der Waals surface area contributed by atoms with E-state index in [4.69, 9.17) is 4.74 Å². The minimum atomic E-state index is 0.681. The first-order valence-corrected chi connectivity index (χ1v) is 5.30. The van der Waals surface area contributed by atoms with Gasteiger partial charge in [0.1, 0.15) is 17.8 Å². The summed E-state index contributed by atoms with van der Waals surface area (Å²) < 4.78 is 5.70. The van der Waals surface area contributed by atoms with E-state index in [-0.39, 0.29) is 0 Å². The number of hydrogen-bond donors (Lipinski definition) is 0. The predicted octanol–water partition coefficient (Wildman–Crippen LogP) is 3.34. The highest BCUT2D eigenvalue weighted by atomic mass is 16.5. The molecule has 0 saturated carbocycles. The molecule has 0 unspecified atom stereocenters. The average Bonchev–Trinajstić information content (AvgIpc) is 2.31. The molecular weight excluding hydrogens is 188 g/mol. The molecule has 0 amide bonds. The van der Waals surface area contributed by atoms with Crippen LogP contribution in [-0.2, 0) is 0 Å². The van der Waals surface area contributed by atoms with Gasteiger partial charge in [-0.2, -0.15) is 0 Å². The van der Waals surface area contributed by atoms with Gasteiger partial charge in [0.15, 0.2) is 0 Å². The van der Waals surface area contributed by atoms with Crippen LogP contribution in [0.2, 0.25) is 0 Å². The van der Waals surface area contributed by atoms with E-state index in [2.05, 4.69) is 6.08 Å². The maximum absolute atomic E-state index is 10.5. The van der Waals surface area contributed by atoms with Crippen molar-refractivity contribution < 1.29 is 9.53 Å². The van der Waals surface area contributed by atoms with E-state index in [9.17, 15) is 4.79 Å². The molecule has 2 rings (SSSR count). The molecule has 2 nitrogen and oxygen atoms in total. The first-order chi connectivity index (χ1) is 7.38. The summed E-state index contributed by atoms with van der Waals surface area (Å²) in [7, 11) is 0. The lowest BCUT2D eigenvalue weighted by Crippen LogP contribution is -1.99. The van der Waals surface area contributed by atoms with Crippen LogP contribution in [-0.4, -0.2) is 6.29 Å². The Morgan fingerprint density at radius 3 is 2.53 bits per heavy atom. The molecule has 1 aromatic rings. The lowest BCUT2D eigenvalue weighted by atomic mass is 10.1. The third-order valence-corrected chi connectivity index (χ3v) is 2.51.